The van der Waals surface area contributed by atoms with Crippen molar-refractivity contribution in [2.24, 2.45) is 23.7 Å². The van der Waals surface area contributed by atoms with Gasteiger partial charge in [-0.05, 0) is 18.3 Å². The lowest BCUT2D eigenvalue weighted by Gasteiger charge is -2.48. The lowest BCUT2D eigenvalue weighted by molar-refractivity contribution is -0.352. The van der Waals surface area contributed by atoms with Crippen LogP contribution in [0.2, 0.25) is 0 Å². The van der Waals surface area contributed by atoms with Crippen LogP contribution in [-0.2, 0) is 42.8 Å². The van der Waals surface area contributed by atoms with Gasteiger partial charge < -0.3 is 28.4 Å². The van der Waals surface area contributed by atoms with E-state index in [0.29, 0.717) is 6.42 Å². The number of hydrogen-bond acceptors (Lipinski definition) is 9. The maximum absolute atomic E-state index is 11.8. The minimum absolute atomic E-state index is 0.0489. The smallest absolute Gasteiger partial charge is 0.303 e. The Balaban J connectivity index is 2.20. The van der Waals surface area contributed by atoms with Crippen molar-refractivity contribution < 1.29 is 42.8 Å². The maximum atomic E-state index is 11.8. The first-order valence-corrected chi connectivity index (χ1v) is 11.4. The van der Waals surface area contributed by atoms with Crippen LogP contribution in [0.25, 0.3) is 0 Å². The van der Waals surface area contributed by atoms with E-state index in [1.807, 2.05) is 20.8 Å². The number of esters is 3. The monoisotopic (exact) mass is 458 g/mol. The normalized spacial score (nSPS) is 39.8. The second-order valence-corrected chi connectivity index (χ2v) is 9.02. The highest BCUT2D eigenvalue weighted by molar-refractivity contribution is 5.67. The number of rotatable bonds is 7. The lowest BCUT2D eigenvalue weighted by Crippen LogP contribution is -2.58. The van der Waals surface area contributed by atoms with Crippen LogP contribution in [0, 0.1) is 23.7 Å². The number of hydrogen-bond donors (Lipinski definition) is 0. The third-order valence-electron chi connectivity index (χ3n) is 6.66. The predicted molar refractivity (Wildman–Crippen MR) is 113 cm³/mol. The molecule has 0 aromatic rings. The molecule has 9 nitrogen and oxygen atoms in total. The Labute approximate surface area is 190 Å². The molecule has 184 valence electrons. The zero-order valence-corrected chi connectivity index (χ0v) is 20.4. The van der Waals surface area contributed by atoms with Crippen LogP contribution in [0.4, 0.5) is 0 Å². The Hall–Kier alpha value is -1.71. The first-order valence-electron chi connectivity index (χ1n) is 11.4. The highest BCUT2D eigenvalue weighted by Gasteiger charge is 2.50. The Morgan fingerprint density at radius 3 is 1.75 bits per heavy atom. The summed E-state index contributed by atoms with van der Waals surface area (Å²) in [7, 11) is 0. The van der Waals surface area contributed by atoms with Crippen molar-refractivity contribution in [3.63, 3.8) is 0 Å². The Morgan fingerprint density at radius 2 is 1.22 bits per heavy atom. The summed E-state index contributed by atoms with van der Waals surface area (Å²) in [6.07, 6.45) is -3.06. The summed E-state index contributed by atoms with van der Waals surface area (Å²) in [4.78, 5) is 34.7. The summed E-state index contributed by atoms with van der Waals surface area (Å²) in [5.74, 6) is -1.26. The standard InChI is InChI=1S/C23H38O9/c1-9-18-21(29-17(8)26)20(28-16(7)25)14(5)23(30-18)32-22-13(4)11(2)12(3)19(31-22)10-27-15(6)24/h11-14,18-23H,9-10H2,1-8H3/t11?,12-,13-,14?,18?,19?,20-,21+,22+,23+/m0/s1. The van der Waals surface area contributed by atoms with Gasteiger partial charge in [0.05, 0.1) is 6.10 Å². The highest BCUT2D eigenvalue weighted by Crippen LogP contribution is 2.39. The van der Waals surface area contributed by atoms with E-state index < -0.39 is 48.7 Å². The molecule has 0 amide bonds. The molecule has 0 bridgehead atoms. The third-order valence-corrected chi connectivity index (χ3v) is 6.66. The number of carbonyl (C=O) groups excluding carboxylic acids is 3. The van der Waals surface area contributed by atoms with Crippen molar-refractivity contribution in [2.45, 2.75) is 98.8 Å². The molecule has 0 aliphatic carbocycles. The molecule has 32 heavy (non-hydrogen) atoms. The van der Waals surface area contributed by atoms with Gasteiger partial charge in [-0.15, -0.1) is 0 Å². The minimum Gasteiger partial charge on any atom is -0.463 e. The van der Waals surface area contributed by atoms with E-state index in [0.717, 1.165) is 0 Å². The molecule has 0 spiro atoms. The van der Waals surface area contributed by atoms with Crippen molar-refractivity contribution in [2.75, 3.05) is 6.61 Å². The summed E-state index contributed by atoms with van der Waals surface area (Å²) in [6, 6.07) is 0. The second-order valence-electron chi connectivity index (χ2n) is 9.02. The maximum Gasteiger partial charge on any atom is 0.303 e. The molecule has 0 saturated carbocycles. The zero-order valence-electron chi connectivity index (χ0n) is 20.4. The average molecular weight is 459 g/mol. The first kappa shape index (κ1) is 26.5. The quantitative estimate of drug-likeness (QED) is 0.420. The lowest BCUT2D eigenvalue weighted by atomic mass is 9.79. The van der Waals surface area contributed by atoms with Gasteiger partial charge in [-0.2, -0.15) is 0 Å². The van der Waals surface area contributed by atoms with Crippen LogP contribution in [0.3, 0.4) is 0 Å². The molecule has 2 rings (SSSR count). The fraction of sp³-hybridized carbons (Fsp3) is 0.870. The Morgan fingerprint density at radius 1 is 0.688 bits per heavy atom. The topological polar surface area (TPSA) is 107 Å². The summed E-state index contributed by atoms with van der Waals surface area (Å²) in [5.41, 5.74) is 0. The number of ether oxygens (including phenoxy) is 6. The van der Waals surface area contributed by atoms with Crippen LogP contribution in [0.1, 0.15) is 61.8 Å². The Bertz CT molecular complexity index is 666. The van der Waals surface area contributed by atoms with E-state index in [-0.39, 0.29) is 36.4 Å². The molecule has 2 aliphatic rings. The number of carbonyl (C=O) groups is 3. The summed E-state index contributed by atoms with van der Waals surface area (Å²) in [6.45, 7) is 14.1. The minimum atomic E-state index is -0.737. The molecular weight excluding hydrogens is 420 g/mol. The zero-order chi connectivity index (χ0) is 24.2. The summed E-state index contributed by atoms with van der Waals surface area (Å²) < 4.78 is 34.8. The van der Waals surface area contributed by atoms with E-state index in [1.165, 1.54) is 20.8 Å². The second kappa shape index (κ2) is 11.4. The third kappa shape index (κ3) is 6.42. The van der Waals surface area contributed by atoms with Gasteiger partial charge in [-0.1, -0.05) is 34.6 Å². The molecule has 9 heteroatoms. The van der Waals surface area contributed by atoms with Crippen LogP contribution in [-0.4, -0.2) is 61.5 Å². The molecule has 0 radical (unpaired) electrons. The van der Waals surface area contributed by atoms with Gasteiger partial charge >= 0.3 is 17.9 Å². The first-order chi connectivity index (χ1) is 15.0. The molecular formula is C23H38O9. The predicted octanol–water partition coefficient (Wildman–Crippen LogP) is 2.83. The van der Waals surface area contributed by atoms with E-state index >= 15 is 0 Å². The molecule has 0 N–H and O–H groups in total. The molecule has 0 aromatic carbocycles. The van der Waals surface area contributed by atoms with Crippen LogP contribution in [0.5, 0.6) is 0 Å². The molecule has 2 saturated heterocycles. The van der Waals surface area contributed by atoms with E-state index in [1.54, 1.807) is 0 Å². The van der Waals surface area contributed by atoms with Crippen LogP contribution >= 0.6 is 0 Å². The SMILES string of the molecule is CCC1O[C@H](O[C@H]2OC(COC(C)=O)[C@@H](C)C(C)[C@@H]2C)C(C)[C@H](OC(C)=O)[C@@H]1OC(C)=O. The molecule has 2 heterocycles. The van der Waals surface area contributed by atoms with Gasteiger partial charge in [-0.25, -0.2) is 0 Å². The van der Waals surface area contributed by atoms with Gasteiger partial charge in [0.15, 0.2) is 18.7 Å². The van der Waals surface area contributed by atoms with Crippen LogP contribution < -0.4 is 0 Å². The van der Waals surface area contributed by atoms with Crippen molar-refractivity contribution >= 4 is 17.9 Å². The summed E-state index contributed by atoms with van der Waals surface area (Å²) >= 11 is 0. The summed E-state index contributed by atoms with van der Waals surface area (Å²) in [5, 5.41) is 0. The fourth-order valence-corrected chi connectivity index (χ4v) is 4.39. The van der Waals surface area contributed by atoms with Crippen molar-refractivity contribution in [3.8, 4) is 0 Å². The van der Waals surface area contributed by atoms with Gasteiger partial charge in [0.2, 0.25) is 0 Å². The van der Waals surface area contributed by atoms with Gasteiger partial charge in [0.1, 0.15) is 18.8 Å². The van der Waals surface area contributed by atoms with Gasteiger partial charge in [-0.3, -0.25) is 14.4 Å². The van der Waals surface area contributed by atoms with E-state index in [9.17, 15) is 14.4 Å². The Kier molecular flexibility index (Phi) is 9.48. The average Bonchev–Trinajstić information content (AvgIpc) is 2.71. The molecule has 2 fully saturated rings. The largest absolute Gasteiger partial charge is 0.463 e. The molecule has 0 aromatic heterocycles. The molecule has 2 aliphatic heterocycles. The van der Waals surface area contributed by atoms with E-state index in [4.69, 9.17) is 28.4 Å². The van der Waals surface area contributed by atoms with Crippen molar-refractivity contribution in [3.05, 3.63) is 0 Å². The van der Waals surface area contributed by atoms with Crippen molar-refractivity contribution in [1.82, 2.24) is 0 Å². The molecule has 10 atom stereocenters. The molecule has 4 unspecified atom stereocenters. The highest BCUT2D eigenvalue weighted by atomic mass is 16.8. The van der Waals surface area contributed by atoms with Crippen molar-refractivity contribution in [1.29, 1.82) is 0 Å². The fourth-order valence-electron chi connectivity index (χ4n) is 4.39. The van der Waals surface area contributed by atoms with E-state index in [2.05, 4.69) is 13.8 Å². The van der Waals surface area contributed by atoms with Gasteiger partial charge in [0, 0.05) is 32.6 Å². The van der Waals surface area contributed by atoms with Gasteiger partial charge in [0.25, 0.3) is 0 Å². The van der Waals surface area contributed by atoms with Crippen LogP contribution in [0.15, 0.2) is 0 Å².